The molecule has 76 valence electrons. The number of hydrogen-bond donors (Lipinski definition) is 0. The monoisotopic (exact) mass is 222 g/mol. The first-order valence-corrected chi connectivity index (χ1v) is 4.75. The summed E-state index contributed by atoms with van der Waals surface area (Å²) in [5, 5.41) is 0.391. The van der Waals surface area contributed by atoms with E-state index in [0.29, 0.717) is 10.7 Å². The van der Waals surface area contributed by atoms with Gasteiger partial charge in [0, 0.05) is 16.4 Å². The molecule has 0 saturated heterocycles. The average Bonchev–Trinajstić information content (AvgIpc) is 2.29. The molecule has 0 bridgehead atoms. The van der Waals surface area contributed by atoms with Gasteiger partial charge in [-0.1, -0.05) is 29.8 Å². The number of rotatable bonds is 1. The highest BCUT2D eigenvalue weighted by molar-refractivity contribution is 6.32. The number of para-hydroxylation sites is 1. The zero-order valence-corrected chi connectivity index (χ0v) is 8.53. The highest BCUT2D eigenvalue weighted by atomic mass is 35.5. The number of benzene rings is 1. The van der Waals surface area contributed by atoms with Crippen molar-refractivity contribution in [2.75, 3.05) is 0 Å². The van der Waals surface area contributed by atoms with E-state index in [4.69, 9.17) is 15.7 Å². The van der Waals surface area contributed by atoms with E-state index in [1.807, 2.05) is 0 Å². The van der Waals surface area contributed by atoms with Crippen molar-refractivity contribution in [1.29, 1.82) is 0 Å². The minimum atomic E-state index is -2.25. The summed E-state index contributed by atoms with van der Waals surface area (Å²) in [6, 6.07) is 9.31. The molecular formula is C12H10ClNO. The number of nitrogens with zero attached hydrogens (tertiary/aromatic N) is 1. The van der Waals surface area contributed by atoms with Crippen LogP contribution in [0.1, 0.15) is 9.68 Å². The van der Waals surface area contributed by atoms with Crippen LogP contribution in [0.15, 0.2) is 47.4 Å². The van der Waals surface area contributed by atoms with Gasteiger partial charge >= 0.3 is 0 Å². The van der Waals surface area contributed by atoms with Crippen LogP contribution in [0.4, 0.5) is 0 Å². The van der Waals surface area contributed by atoms with E-state index < -0.39 is 6.85 Å². The fourth-order valence-electron chi connectivity index (χ4n) is 1.32. The molecule has 0 aliphatic heterocycles. The molecule has 15 heavy (non-hydrogen) atoms. The SMILES string of the molecule is [2H]C([2H])([2H])c1ccc(=O)n(-c2ccccc2Cl)c1. The predicted molar refractivity (Wildman–Crippen MR) is 61.8 cm³/mol. The summed E-state index contributed by atoms with van der Waals surface area (Å²) in [6.45, 7) is -2.25. The fourth-order valence-corrected chi connectivity index (χ4v) is 1.55. The minimum Gasteiger partial charge on any atom is -0.283 e. The second-order valence-corrected chi connectivity index (χ2v) is 3.48. The summed E-state index contributed by atoms with van der Waals surface area (Å²) in [5.74, 6) is 0. The first-order chi connectivity index (χ1) is 8.39. The number of aryl methyl sites for hydroxylation is 1. The summed E-state index contributed by atoms with van der Waals surface area (Å²) < 4.78 is 23.3. The van der Waals surface area contributed by atoms with Crippen molar-refractivity contribution in [3.8, 4) is 5.69 Å². The molecule has 1 aromatic carbocycles. The third-order valence-electron chi connectivity index (χ3n) is 2.02. The Morgan fingerprint density at radius 1 is 1.27 bits per heavy atom. The van der Waals surface area contributed by atoms with Gasteiger partial charge in [-0.05, 0) is 24.5 Å². The predicted octanol–water partition coefficient (Wildman–Crippen LogP) is 2.80. The lowest BCUT2D eigenvalue weighted by atomic mass is 10.2. The molecule has 0 fully saturated rings. The Morgan fingerprint density at radius 3 is 2.80 bits per heavy atom. The smallest absolute Gasteiger partial charge is 0.255 e. The van der Waals surface area contributed by atoms with Crippen LogP contribution in [0.3, 0.4) is 0 Å². The fraction of sp³-hybridized carbons (Fsp3) is 0.0833. The van der Waals surface area contributed by atoms with E-state index in [0.717, 1.165) is 0 Å². The number of aromatic nitrogens is 1. The van der Waals surface area contributed by atoms with Gasteiger partial charge in [0.25, 0.3) is 5.56 Å². The van der Waals surface area contributed by atoms with E-state index in [2.05, 4.69) is 0 Å². The van der Waals surface area contributed by atoms with Crippen LogP contribution in [-0.4, -0.2) is 4.57 Å². The summed E-state index contributed by atoms with van der Waals surface area (Å²) in [4.78, 5) is 11.8. The molecule has 1 heterocycles. The molecule has 2 nitrogen and oxygen atoms in total. The maximum atomic E-state index is 11.8. The molecule has 0 aliphatic carbocycles. The Bertz CT molecular complexity index is 634. The van der Waals surface area contributed by atoms with Crippen molar-refractivity contribution in [3.63, 3.8) is 0 Å². The average molecular weight is 223 g/mol. The van der Waals surface area contributed by atoms with Crippen LogP contribution in [0.25, 0.3) is 5.69 Å². The molecular weight excluding hydrogens is 210 g/mol. The first kappa shape index (κ1) is 6.85. The molecule has 2 rings (SSSR count). The van der Waals surface area contributed by atoms with Gasteiger partial charge in [0.15, 0.2) is 0 Å². The molecule has 0 saturated carbocycles. The molecule has 0 aliphatic rings. The summed E-state index contributed by atoms with van der Waals surface area (Å²) in [7, 11) is 0. The van der Waals surface area contributed by atoms with Gasteiger partial charge in [-0.2, -0.15) is 0 Å². The van der Waals surface area contributed by atoms with Crippen LogP contribution >= 0.6 is 11.6 Å². The quantitative estimate of drug-likeness (QED) is 0.727. The number of halogens is 1. The lowest BCUT2D eigenvalue weighted by Gasteiger charge is -2.07. The third-order valence-corrected chi connectivity index (χ3v) is 2.34. The summed E-state index contributed by atoms with van der Waals surface area (Å²) >= 11 is 6.00. The van der Waals surface area contributed by atoms with Crippen molar-refractivity contribution in [2.24, 2.45) is 0 Å². The van der Waals surface area contributed by atoms with Gasteiger partial charge in [-0.25, -0.2) is 0 Å². The van der Waals surface area contributed by atoms with Crippen LogP contribution in [0.5, 0.6) is 0 Å². The zero-order valence-electron chi connectivity index (χ0n) is 10.8. The summed E-state index contributed by atoms with van der Waals surface area (Å²) in [6.07, 6.45) is 1.30. The van der Waals surface area contributed by atoms with Crippen molar-refractivity contribution >= 4 is 11.6 Å². The van der Waals surface area contributed by atoms with Gasteiger partial charge in [-0.15, -0.1) is 0 Å². The topological polar surface area (TPSA) is 22.0 Å². The second kappa shape index (κ2) is 3.91. The Balaban J connectivity index is 2.65. The van der Waals surface area contributed by atoms with Gasteiger partial charge in [0.05, 0.1) is 10.7 Å². The van der Waals surface area contributed by atoms with Crippen molar-refractivity contribution in [1.82, 2.24) is 4.57 Å². The molecule has 3 heteroatoms. The Labute approximate surface area is 97.0 Å². The van der Waals surface area contributed by atoms with Crippen LogP contribution in [0, 0.1) is 6.85 Å². The van der Waals surface area contributed by atoms with Gasteiger partial charge in [0.2, 0.25) is 0 Å². The van der Waals surface area contributed by atoms with E-state index >= 15 is 0 Å². The highest BCUT2D eigenvalue weighted by Crippen LogP contribution is 2.18. The van der Waals surface area contributed by atoms with E-state index in [1.54, 1.807) is 24.3 Å². The molecule has 0 spiro atoms. The lowest BCUT2D eigenvalue weighted by Crippen LogP contribution is -2.16. The van der Waals surface area contributed by atoms with Gasteiger partial charge < -0.3 is 0 Å². The maximum absolute atomic E-state index is 11.8. The van der Waals surface area contributed by atoms with Crippen molar-refractivity contribution in [2.45, 2.75) is 6.85 Å². The zero-order chi connectivity index (χ0) is 13.3. The molecule has 1 aromatic heterocycles. The number of hydrogen-bond acceptors (Lipinski definition) is 1. The normalized spacial score (nSPS) is 14.1. The van der Waals surface area contributed by atoms with Crippen LogP contribution < -0.4 is 5.56 Å². The Kier molecular flexibility index (Phi) is 1.79. The molecule has 0 amide bonds. The Morgan fingerprint density at radius 2 is 2.07 bits per heavy atom. The molecule has 0 N–H and O–H groups in total. The first-order valence-electron chi connectivity index (χ1n) is 5.88. The van der Waals surface area contributed by atoms with Gasteiger partial charge in [-0.3, -0.25) is 9.36 Å². The van der Waals surface area contributed by atoms with Crippen LogP contribution in [-0.2, 0) is 0 Å². The van der Waals surface area contributed by atoms with E-state index in [1.165, 1.54) is 22.9 Å². The maximum Gasteiger partial charge on any atom is 0.255 e. The molecule has 0 radical (unpaired) electrons. The van der Waals surface area contributed by atoms with Crippen molar-refractivity contribution < 1.29 is 4.11 Å². The van der Waals surface area contributed by atoms with E-state index in [-0.39, 0.29) is 11.1 Å². The molecule has 0 atom stereocenters. The van der Waals surface area contributed by atoms with Crippen LogP contribution in [0.2, 0.25) is 5.02 Å². The van der Waals surface area contributed by atoms with Crippen molar-refractivity contribution in [3.05, 3.63) is 63.5 Å². The Hall–Kier alpha value is -1.54. The third kappa shape index (κ3) is 1.95. The molecule has 2 aromatic rings. The minimum absolute atomic E-state index is 0.0991. The highest BCUT2D eigenvalue weighted by Gasteiger charge is 2.03. The number of pyridine rings is 1. The standard InChI is InChI=1S/C12H10ClNO/c1-9-6-7-12(15)14(8-9)11-5-3-2-4-10(11)13/h2-8H,1H3/i1D3. The van der Waals surface area contributed by atoms with Gasteiger partial charge in [0.1, 0.15) is 0 Å². The lowest BCUT2D eigenvalue weighted by molar-refractivity contribution is 0.977. The molecule has 0 unspecified atom stereocenters. The largest absolute Gasteiger partial charge is 0.283 e. The summed E-state index contributed by atoms with van der Waals surface area (Å²) in [5.41, 5.74) is 0.244. The van der Waals surface area contributed by atoms with E-state index in [9.17, 15) is 4.79 Å². The second-order valence-electron chi connectivity index (χ2n) is 3.08.